The summed E-state index contributed by atoms with van der Waals surface area (Å²) in [5.74, 6) is 0.698. The number of halogens is 1. The zero-order valence-electron chi connectivity index (χ0n) is 13.9. The molecule has 2 aromatic carbocycles. The molecule has 1 aliphatic heterocycles. The van der Waals surface area contributed by atoms with Gasteiger partial charge in [0, 0.05) is 30.6 Å². The minimum Gasteiger partial charge on any atom is -0.380 e. The molecule has 0 amide bonds. The fourth-order valence-electron chi connectivity index (χ4n) is 3.36. The normalized spacial score (nSPS) is 17.4. The number of nitrogens with zero attached hydrogens (tertiary/aromatic N) is 3. The predicted octanol–water partition coefficient (Wildman–Crippen LogP) is 3.26. The van der Waals surface area contributed by atoms with E-state index in [1.54, 1.807) is 11.7 Å². The molecular formula is C19H18ClN3O2. The molecule has 25 heavy (non-hydrogen) atoms. The summed E-state index contributed by atoms with van der Waals surface area (Å²) in [5, 5.41) is 1.49. The Kier molecular flexibility index (Phi) is 4.19. The second-order valence-corrected chi connectivity index (χ2v) is 6.58. The lowest BCUT2D eigenvalue weighted by Gasteiger charge is -2.20. The molecule has 1 saturated heterocycles. The van der Waals surface area contributed by atoms with Gasteiger partial charge in [-0.1, -0.05) is 29.8 Å². The van der Waals surface area contributed by atoms with E-state index in [2.05, 4.69) is 9.88 Å². The van der Waals surface area contributed by atoms with E-state index >= 15 is 0 Å². The van der Waals surface area contributed by atoms with Gasteiger partial charge >= 0.3 is 5.69 Å². The monoisotopic (exact) mass is 355 g/mol. The van der Waals surface area contributed by atoms with Crippen LogP contribution in [0.1, 0.15) is 6.42 Å². The van der Waals surface area contributed by atoms with Crippen molar-refractivity contribution in [1.82, 2.24) is 9.55 Å². The Bertz CT molecular complexity index is 972. The van der Waals surface area contributed by atoms with Crippen molar-refractivity contribution < 1.29 is 4.74 Å². The highest BCUT2D eigenvalue weighted by molar-refractivity contribution is 6.31. The molecule has 0 spiro atoms. The third-order valence-electron chi connectivity index (χ3n) is 4.63. The van der Waals surface area contributed by atoms with Gasteiger partial charge in [-0.2, -0.15) is 4.98 Å². The molecule has 0 aliphatic carbocycles. The second kappa shape index (κ2) is 6.50. The largest absolute Gasteiger partial charge is 0.380 e. The van der Waals surface area contributed by atoms with Gasteiger partial charge in [-0.3, -0.25) is 4.57 Å². The number of benzene rings is 2. The van der Waals surface area contributed by atoms with Crippen molar-refractivity contribution in [2.45, 2.75) is 12.5 Å². The van der Waals surface area contributed by atoms with Crippen molar-refractivity contribution >= 4 is 28.3 Å². The van der Waals surface area contributed by atoms with Gasteiger partial charge in [0.15, 0.2) is 0 Å². The molecule has 128 valence electrons. The quantitative estimate of drug-likeness (QED) is 0.723. The molecular weight excluding hydrogens is 338 g/mol. The summed E-state index contributed by atoms with van der Waals surface area (Å²) < 4.78 is 7.05. The highest BCUT2D eigenvalue weighted by Gasteiger charge is 2.26. The van der Waals surface area contributed by atoms with E-state index in [1.165, 1.54) is 0 Å². The van der Waals surface area contributed by atoms with E-state index in [0.29, 0.717) is 10.8 Å². The number of hydrogen-bond donors (Lipinski definition) is 0. The van der Waals surface area contributed by atoms with E-state index in [0.717, 1.165) is 36.1 Å². The standard InChI is InChI=1S/C19H18ClN3O2/c1-25-15-9-10-22(12-15)18-16-8-7-13(20)11-17(16)23(19(24)21-18)14-5-3-2-4-6-14/h2-8,11,15H,9-10,12H2,1H3/t15-/m1/s1. The molecule has 0 radical (unpaired) electrons. The predicted molar refractivity (Wildman–Crippen MR) is 100.0 cm³/mol. The van der Waals surface area contributed by atoms with Gasteiger partial charge in [-0.25, -0.2) is 4.79 Å². The smallest absolute Gasteiger partial charge is 0.354 e. The van der Waals surface area contributed by atoms with Crippen molar-refractivity contribution in [3.8, 4) is 5.69 Å². The van der Waals surface area contributed by atoms with Crippen LogP contribution in [0.15, 0.2) is 53.3 Å². The molecule has 6 heteroatoms. The lowest BCUT2D eigenvalue weighted by atomic mass is 10.2. The zero-order chi connectivity index (χ0) is 17.4. The molecule has 0 bridgehead atoms. The lowest BCUT2D eigenvalue weighted by molar-refractivity contribution is 0.121. The Labute approximate surface area is 150 Å². The van der Waals surface area contributed by atoms with Gasteiger partial charge in [0.25, 0.3) is 0 Å². The van der Waals surface area contributed by atoms with E-state index in [9.17, 15) is 4.79 Å². The Hall–Kier alpha value is -2.37. The van der Waals surface area contributed by atoms with Crippen molar-refractivity contribution in [3.05, 3.63) is 64.0 Å². The molecule has 2 heterocycles. The minimum atomic E-state index is -0.308. The number of aromatic nitrogens is 2. The lowest BCUT2D eigenvalue weighted by Crippen LogP contribution is -2.29. The van der Waals surface area contributed by atoms with Crippen molar-refractivity contribution in [3.63, 3.8) is 0 Å². The van der Waals surface area contributed by atoms with E-state index in [4.69, 9.17) is 16.3 Å². The fraction of sp³-hybridized carbons (Fsp3) is 0.263. The number of rotatable bonds is 3. The number of fused-ring (bicyclic) bond motifs is 1. The first-order valence-electron chi connectivity index (χ1n) is 8.23. The molecule has 1 atom stereocenters. The topological polar surface area (TPSA) is 47.4 Å². The molecule has 3 aromatic rings. The SMILES string of the molecule is CO[C@@H]1CCN(c2nc(=O)n(-c3ccccc3)c3cc(Cl)ccc23)C1. The summed E-state index contributed by atoms with van der Waals surface area (Å²) in [6.07, 6.45) is 1.09. The average molecular weight is 356 g/mol. The van der Waals surface area contributed by atoms with Gasteiger partial charge in [0.2, 0.25) is 0 Å². The zero-order valence-corrected chi connectivity index (χ0v) is 14.6. The number of hydrogen-bond acceptors (Lipinski definition) is 4. The maximum absolute atomic E-state index is 12.8. The molecule has 1 aliphatic rings. The first kappa shape index (κ1) is 16.1. The maximum atomic E-state index is 12.8. The molecule has 1 fully saturated rings. The molecule has 4 rings (SSSR count). The van der Waals surface area contributed by atoms with Crippen LogP contribution in [0, 0.1) is 0 Å². The van der Waals surface area contributed by atoms with Gasteiger partial charge in [0.05, 0.1) is 17.3 Å². The summed E-state index contributed by atoms with van der Waals surface area (Å²) in [4.78, 5) is 19.3. The Balaban J connectivity index is 1.95. The van der Waals surface area contributed by atoms with Crippen LogP contribution in [0.5, 0.6) is 0 Å². The van der Waals surface area contributed by atoms with Crippen LogP contribution in [0.25, 0.3) is 16.6 Å². The summed E-state index contributed by atoms with van der Waals surface area (Å²) in [5.41, 5.74) is 1.22. The van der Waals surface area contributed by atoms with E-state index < -0.39 is 0 Å². The van der Waals surface area contributed by atoms with Gasteiger partial charge < -0.3 is 9.64 Å². The summed E-state index contributed by atoms with van der Waals surface area (Å²) >= 11 is 6.22. The number of para-hydroxylation sites is 1. The van der Waals surface area contributed by atoms with Crippen molar-refractivity contribution in [1.29, 1.82) is 0 Å². The molecule has 5 nitrogen and oxygen atoms in total. The Morgan fingerprint density at radius 3 is 2.72 bits per heavy atom. The first-order valence-corrected chi connectivity index (χ1v) is 8.60. The van der Waals surface area contributed by atoms with Crippen LogP contribution in [-0.2, 0) is 4.74 Å². The van der Waals surface area contributed by atoms with Crippen molar-refractivity contribution in [2.24, 2.45) is 0 Å². The second-order valence-electron chi connectivity index (χ2n) is 6.14. The fourth-order valence-corrected chi connectivity index (χ4v) is 3.53. The van der Waals surface area contributed by atoms with Crippen LogP contribution in [-0.4, -0.2) is 35.9 Å². The van der Waals surface area contributed by atoms with Crippen LogP contribution in [0.2, 0.25) is 5.02 Å². The summed E-state index contributed by atoms with van der Waals surface area (Å²) in [7, 11) is 1.72. The van der Waals surface area contributed by atoms with E-state index in [-0.39, 0.29) is 11.8 Å². The summed E-state index contributed by atoms with van der Waals surface area (Å²) in [6, 6.07) is 15.1. The number of ether oxygens (including phenoxy) is 1. The maximum Gasteiger partial charge on any atom is 0.354 e. The highest BCUT2D eigenvalue weighted by atomic mass is 35.5. The summed E-state index contributed by atoms with van der Waals surface area (Å²) in [6.45, 7) is 1.55. The van der Waals surface area contributed by atoms with Gasteiger partial charge in [-0.15, -0.1) is 0 Å². The minimum absolute atomic E-state index is 0.167. The highest BCUT2D eigenvalue weighted by Crippen LogP contribution is 2.29. The third kappa shape index (κ3) is 2.90. The van der Waals surface area contributed by atoms with E-state index in [1.807, 2.05) is 48.5 Å². The van der Waals surface area contributed by atoms with Crippen LogP contribution in [0.3, 0.4) is 0 Å². The molecule has 1 aromatic heterocycles. The average Bonchev–Trinajstić information content (AvgIpc) is 3.10. The number of anilines is 1. The van der Waals surface area contributed by atoms with Crippen molar-refractivity contribution in [2.75, 3.05) is 25.1 Å². The molecule has 0 N–H and O–H groups in total. The van der Waals surface area contributed by atoms with Crippen LogP contribution in [0.4, 0.5) is 5.82 Å². The molecule has 0 saturated carbocycles. The Morgan fingerprint density at radius 1 is 1.20 bits per heavy atom. The van der Waals surface area contributed by atoms with Crippen LogP contribution < -0.4 is 10.6 Å². The van der Waals surface area contributed by atoms with Gasteiger partial charge in [0.1, 0.15) is 5.82 Å². The molecule has 0 unspecified atom stereocenters. The Morgan fingerprint density at radius 2 is 2.00 bits per heavy atom. The van der Waals surface area contributed by atoms with Gasteiger partial charge in [-0.05, 0) is 36.8 Å². The van der Waals surface area contributed by atoms with Crippen LogP contribution >= 0.6 is 11.6 Å². The third-order valence-corrected chi connectivity index (χ3v) is 4.86. The first-order chi connectivity index (χ1) is 12.2. The number of methoxy groups -OCH3 is 1.